The number of H-pyrrole nitrogens is 1. The zero-order valence-corrected chi connectivity index (χ0v) is 16.7. The van der Waals surface area contributed by atoms with Gasteiger partial charge in [0.2, 0.25) is 15.9 Å². The minimum Gasteiger partial charge on any atom is -0.383 e. The number of aromatic amines is 1. The molecular weight excluding hydrogens is 374 g/mol. The number of sulfonamides is 1. The van der Waals surface area contributed by atoms with E-state index in [9.17, 15) is 22.8 Å². The van der Waals surface area contributed by atoms with Crippen LogP contribution in [0.15, 0.2) is 9.59 Å². The van der Waals surface area contributed by atoms with Crippen molar-refractivity contribution in [3.63, 3.8) is 0 Å². The molecule has 11 heteroatoms. The molecule has 10 nitrogen and oxygen atoms in total. The molecule has 2 heterocycles. The first kappa shape index (κ1) is 21.2. The van der Waals surface area contributed by atoms with E-state index in [-0.39, 0.29) is 18.1 Å². The SMILES string of the molecule is CCCCn1c(N)c(N(C)C(=O)C2CCCN(S(C)(=O)=O)C2)c(=O)[nH]c1=O. The molecule has 1 aliphatic heterocycles. The van der Waals surface area contributed by atoms with E-state index in [4.69, 9.17) is 5.73 Å². The lowest BCUT2D eigenvalue weighted by atomic mass is 9.98. The summed E-state index contributed by atoms with van der Waals surface area (Å²) in [5.74, 6) is -1.04. The number of nitrogens with one attached hydrogen (secondary N) is 1. The zero-order chi connectivity index (χ0) is 20.4. The van der Waals surface area contributed by atoms with Gasteiger partial charge in [-0.2, -0.15) is 0 Å². The van der Waals surface area contributed by atoms with Crippen molar-refractivity contribution in [3.8, 4) is 0 Å². The first-order valence-electron chi connectivity index (χ1n) is 8.93. The van der Waals surface area contributed by atoms with Gasteiger partial charge in [0.1, 0.15) is 5.82 Å². The highest BCUT2D eigenvalue weighted by Gasteiger charge is 2.33. The van der Waals surface area contributed by atoms with Crippen molar-refractivity contribution in [1.29, 1.82) is 0 Å². The lowest BCUT2D eigenvalue weighted by Gasteiger charge is -2.32. The Balaban J connectivity index is 2.34. The van der Waals surface area contributed by atoms with Crippen LogP contribution in [-0.2, 0) is 21.4 Å². The van der Waals surface area contributed by atoms with Crippen LogP contribution in [-0.4, -0.2) is 54.6 Å². The number of amides is 1. The molecule has 2 rings (SSSR count). The second-order valence-electron chi connectivity index (χ2n) is 6.86. The average molecular weight is 401 g/mol. The van der Waals surface area contributed by atoms with Crippen molar-refractivity contribution >= 4 is 27.4 Å². The third-order valence-corrected chi connectivity index (χ3v) is 6.09. The van der Waals surface area contributed by atoms with Gasteiger partial charge in [0.25, 0.3) is 5.56 Å². The monoisotopic (exact) mass is 401 g/mol. The molecule has 0 bridgehead atoms. The maximum atomic E-state index is 12.9. The number of aromatic nitrogens is 2. The molecule has 1 aromatic rings. The van der Waals surface area contributed by atoms with Crippen LogP contribution in [0.4, 0.5) is 11.5 Å². The van der Waals surface area contributed by atoms with E-state index in [2.05, 4.69) is 4.98 Å². The molecule has 0 aromatic carbocycles. The highest BCUT2D eigenvalue weighted by atomic mass is 32.2. The summed E-state index contributed by atoms with van der Waals surface area (Å²) >= 11 is 0. The van der Waals surface area contributed by atoms with Gasteiger partial charge < -0.3 is 10.6 Å². The summed E-state index contributed by atoms with van der Waals surface area (Å²) in [6.45, 7) is 2.73. The van der Waals surface area contributed by atoms with Gasteiger partial charge in [0, 0.05) is 26.7 Å². The van der Waals surface area contributed by atoms with Crippen LogP contribution >= 0.6 is 0 Å². The van der Waals surface area contributed by atoms with Crippen molar-refractivity contribution in [2.75, 3.05) is 37.0 Å². The lowest BCUT2D eigenvalue weighted by Crippen LogP contribution is -2.47. The highest BCUT2D eigenvalue weighted by Crippen LogP contribution is 2.24. The Hall–Kier alpha value is -2.14. The molecule has 27 heavy (non-hydrogen) atoms. The fourth-order valence-electron chi connectivity index (χ4n) is 3.27. The molecule has 0 aliphatic carbocycles. The topological polar surface area (TPSA) is 139 Å². The minimum absolute atomic E-state index is 0.0648. The normalized spacial score (nSPS) is 18.4. The number of nitrogens with two attached hydrogens (primary N) is 1. The summed E-state index contributed by atoms with van der Waals surface area (Å²) in [6, 6.07) is 0. The Morgan fingerprint density at radius 1 is 1.37 bits per heavy atom. The van der Waals surface area contributed by atoms with Crippen LogP contribution in [0.25, 0.3) is 0 Å². The number of nitrogens with zero attached hydrogens (tertiary/aromatic N) is 3. The van der Waals surface area contributed by atoms with Gasteiger partial charge in [-0.1, -0.05) is 13.3 Å². The average Bonchev–Trinajstić information content (AvgIpc) is 2.60. The molecule has 0 radical (unpaired) electrons. The Morgan fingerprint density at radius 2 is 2.04 bits per heavy atom. The minimum atomic E-state index is -3.40. The van der Waals surface area contributed by atoms with Crippen molar-refractivity contribution in [1.82, 2.24) is 13.9 Å². The smallest absolute Gasteiger partial charge is 0.330 e. The lowest BCUT2D eigenvalue weighted by molar-refractivity contribution is -0.123. The summed E-state index contributed by atoms with van der Waals surface area (Å²) < 4.78 is 26.1. The Labute approximate surface area is 158 Å². The molecule has 152 valence electrons. The van der Waals surface area contributed by atoms with Gasteiger partial charge in [0.05, 0.1) is 12.2 Å². The fraction of sp³-hybridized carbons (Fsp3) is 0.688. The number of hydrogen-bond acceptors (Lipinski definition) is 6. The maximum Gasteiger partial charge on any atom is 0.330 e. The predicted molar refractivity (Wildman–Crippen MR) is 103 cm³/mol. The van der Waals surface area contributed by atoms with E-state index in [1.54, 1.807) is 0 Å². The van der Waals surface area contributed by atoms with Crippen molar-refractivity contribution in [2.45, 2.75) is 39.2 Å². The summed E-state index contributed by atoms with van der Waals surface area (Å²) in [4.78, 5) is 40.5. The third kappa shape index (κ3) is 4.59. The Bertz CT molecular complexity index is 920. The number of rotatable bonds is 6. The number of unbranched alkanes of at least 4 members (excludes halogenated alkanes) is 1. The van der Waals surface area contributed by atoms with Crippen LogP contribution in [0, 0.1) is 5.92 Å². The van der Waals surface area contributed by atoms with Gasteiger partial charge in [0.15, 0.2) is 5.69 Å². The van der Waals surface area contributed by atoms with Crippen LogP contribution in [0.2, 0.25) is 0 Å². The van der Waals surface area contributed by atoms with E-state index >= 15 is 0 Å². The van der Waals surface area contributed by atoms with Gasteiger partial charge in [-0.15, -0.1) is 0 Å². The second kappa shape index (κ2) is 8.26. The standard InChI is InChI=1S/C16H27N5O5S/c1-4-5-9-21-13(17)12(14(22)18-16(21)24)19(2)15(23)11-7-6-8-20(10-11)27(3,25)26/h11H,4-10,17H2,1-3H3,(H,18,22,24). The summed E-state index contributed by atoms with van der Waals surface area (Å²) in [7, 11) is -1.98. The number of piperidine rings is 1. The molecular formula is C16H27N5O5S. The van der Waals surface area contributed by atoms with E-state index in [1.807, 2.05) is 6.92 Å². The molecule has 1 aromatic heterocycles. The Morgan fingerprint density at radius 3 is 2.63 bits per heavy atom. The second-order valence-corrected chi connectivity index (χ2v) is 8.84. The van der Waals surface area contributed by atoms with E-state index in [1.165, 1.54) is 15.9 Å². The van der Waals surface area contributed by atoms with Crippen LogP contribution in [0.5, 0.6) is 0 Å². The van der Waals surface area contributed by atoms with Crippen LogP contribution in [0.3, 0.4) is 0 Å². The zero-order valence-electron chi connectivity index (χ0n) is 15.9. The maximum absolute atomic E-state index is 12.9. The van der Waals surface area contributed by atoms with Crippen molar-refractivity contribution in [2.24, 2.45) is 5.92 Å². The van der Waals surface area contributed by atoms with Crippen LogP contribution in [0.1, 0.15) is 32.6 Å². The highest BCUT2D eigenvalue weighted by molar-refractivity contribution is 7.88. The number of nitrogen functional groups attached to an aromatic ring is 1. The predicted octanol–water partition coefficient (Wildman–Crippen LogP) is -0.447. The van der Waals surface area contributed by atoms with Crippen LogP contribution < -0.4 is 21.9 Å². The molecule has 3 N–H and O–H groups in total. The Kier molecular flexibility index (Phi) is 6.47. The van der Waals surface area contributed by atoms with Gasteiger partial charge in [-0.3, -0.25) is 19.1 Å². The first-order chi connectivity index (χ1) is 12.6. The molecule has 1 fully saturated rings. The molecule has 1 amide bonds. The van der Waals surface area contributed by atoms with E-state index in [0.717, 1.165) is 17.6 Å². The van der Waals surface area contributed by atoms with E-state index < -0.39 is 33.1 Å². The number of carbonyl (C=O) groups excluding carboxylic acids is 1. The number of anilines is 2. The number of carbonyl (C=O) groups is 1. The van der Waals surface area contributed by atoms with Gasteiger partial charge >= 0.3 is 5.69 Å². The molecule has 1 aliphatic rings. The summed E-state index contributed by atoms with van der Waals surface area (Å²) in [5.41, 5.74) is 4.59. The van der Waals surface area contributed by atoms with Crippen molar-refractivity contribution in [3.05, 3.63) is 20.8 Å². The molecule has 0 spiro atoms. The van der Waals surface area contributed by atoms with E-state index in [0.29, 0.717) is 32.4 Å². The molecule has 1 saturated heterocycles. The molecule has 1 atom stereocenters. The fourth-order valence-corrected chi connectivity index (χ4v) is 4.18. The van der Waals surface area contributed by atoms with Gasteiger partial charge in [-0.05, 0) is 19.3 Å². The third-order valence-electron chi connectivity index (χ3n) is 4.82. The summed E-state index contributed by atoms with van der Waals surface area (Å²) in [6.07, 6.45) is 3.70. The first-order valence-corrected chi connectivity index (χ1v) is 10.8. The molecule has 0 saturated carbocycles. The van der Waals surface area contributed by atoms with Gasteiger partial charge in [-0.25, -0.2) is 17.5 Å². The molecule has 1 unspecified atom stereocenters. The van der Waals surface area contributed by atoms with Crippen molar-refractivity contribution < 1.29 is 13.2 Å². The number of hydrogen-bond donors (Lipinski definition) is 2. The quantitative estimate of drug-likeness (QED) is 0.662. The summed E-state index contributed by atoms with van der Waals surface area (Å²) in [5, 5.41) is 0. The largest absolute Gasteiger partial charge is 0.383 e.